The van der Waals surface area contributed by atoms with Gasteiger partial charge in [-0.25, -0.2) is 0 Å². The Morgan fingerprint density at radius 1 is 1.50 bits per heavy atom. The van der Waals surface area contributed by atoms with Gasteiger partial charge in [-0.3, -0.25) is 4.79 Å². The van der Waals surface area contributed by atoms with E-state index in [4.69, 9.17) is 5.73 Å². The molecule has 2 atom stereocenters. The average molecular weight is 185 g/mol. The van der Waals surface area contributed by atoms with E-state index in [0.717, 1.165) is 14.0 Å². The molecule has 0 saturated heterocycles. The third-order valence-electron chi connectivity index (χ3n) is 1.49. The SMILES string of the molecule is COC(=O)[C@H](C)[C@@H](N)C(F)(F)F. The molecular formula is C6H10F3NO2. The van der Waals surface area contributed by atoms with Gasteiger partial charge in [0.05, 0.1) is 13.0 Å². The van der Waals surface area contributed by atoms with Crippen molar-refractivity contribution in [2.45, 2.75) is 19.1 Å². The number of ether oxygens (including phenoxy) is 1. The van der Waals surface area contributed by atoms with Crippen LogP contribution in [0.5, 0.6) is 0 Å². The third-order valence-corrected chi connectivity index (χ3v) is 1.49. The number of nitrogens with two attached hydrogens (primary N) is 1. The van der Waals surface area contributed by atoms with E-state index in [-0.39, 0.29) is 0 Å². The van der Waals surface area contributed by atoms with E-state index in [1.165, 1.54) is 0 Å². The molecule has 0 spiro atoms. The van der Waals surface area contributed by atoms with Gasteiger partial charge in [0.1, 0.15) is 6.04 Å². The summed E-state index contributed by atoms with van der Waals surface area (Å²) in [6.45, 7) is 1.07. The molecule has 0 heterocycles. The van der Waals surface area contributed by atoms with Crippen LogP contribution in [0.4, 0.5) is 13.2 Å². The lowest BCUT2D eigenvalue weighted by molar-refractivity contribution is -0.173. The summed E-state index contributed by atoms with van der Waals surface area (Å²) in [5, 5.41) is 0. The molecule has 0 radical (unpaired) electrons. The van der Waals surface area contributed by atoms with Crippen LogP contribution in [-0.4, -0.2) is 25.3 Å². The monoisotopic (exact) mass is 185 g/mol. The van der Waals surface area contributed by atoms with Crippen molar-refractivity contribution in [3.05, 3.63) is 0 Å². The summed E-state index contributed by atoms with van der Waals surface area (Å²) in [6.07, 6.45) is -4.56. The maximum atomic E-state index is 11.9. The molecule has 0 rings (SSSR count). The van der Waals surface area contributed by atoms with Crippen molar-refractivity contribution in [2.75, 3.05) is 7.11 Å². The lowest BCUT2D eigenvalue weighted by atomic mass is 10.0. The molecule has 0 aromatic rings. The predicted octanol–water partition coefficient (Wildman–Crippen LogP) is 0.685. The molecule has 0 aromatic carbocycles. The average Bonchev–Trinajstić information content (AvgIpc) is 1.98. The molecule has 0 saturated carbocycles. The van der Waals surface area contributed by atoms with E-state index in [0.29, 0.717) is 0 Å². The molecule has 0 aliphatic heterocycles. The van der Waals surface area contributed by atoms with Crippen LogP contribution >= 0.6 is 0 Å². The molecule has 0 aromatic heterocycles. The fraction of sp³-hybridized carbons (Fsp3) is 0.833. The van der Waals surface area contributed by atoms with Gasteiger partial charge >= 0.3 is 12.1 Å². The molecule has 0 aliphatic carbocycles. The zero-order valence-corrected chi connectivity index (χ0v) is 6.68. The van der Waals surface area contributed by atoms with Crippen LogP contribution in [0.2, 0.25) is 0 Å². The molecule has 0 unspecified atom stereocenters. The second kappa shape index (κ2) is 3.75. The second-order valence-corrected chi connectivity index (χ2v) is 2.38. The summed E-state index contributed by atoms with van der Waals surface area (Å²) in [4.78, 5) is 10.6. The first kappa shape index (κ1) is 11.2. The zero-order chi connectivity index (χ0) is 9.94. The van der Waals surface area contributed by atoms with Crippen molar-refractivity contribution in [1.82, 2.24) is 0 Å². The van der Waals surface area contributed by atoms with E-state index in [1.807, 2.05) is 0 Å². The van der Waals surface area contributed by atoms with Crippen LogP contribution in [0.15, 0.2) is 0 Å². The van der Waals surface area contributed by atoms with E-state index < -0.39 is 24.1 Å². The van der Waals surface area contributed by atoms with Crippen LogP contribution in [0, 0.1) is 5.92 Å². The lowest BCUT2D eigenvalue weighted by Gasteiger charge is -2.20. The first-order valence-electron chi connectivity index (χ1n) is 3.20. The molecule has 0 amide bonds. The highest BCUT2D eigenvalue weighted by Crippen LogP contribution is 2.24. The van der Waals surface area contributed by atoms with Crippen molar-refractivity contribution in [1.29, 1.82) is 0 Å². The van der Waals surface area contributed by atoms with Gasteiger partial charge in [0.25, 0.3) is 0 Å². The first-order chi connectivity index (χ1) is 5.30. The highest BCUT2D eigenvalue weighted by atomic mass is 19.4. The fourth-order valence-corrected chi connectivity index (χ4v) is 0.616. The largest absolute Gasteiger partial charge is 0.469 e. The Balaban J connectivity index is 4.29. The smallest absolute Gasteiger partial charge is 0.404 e. The highest BCUT2D eigenvalue weighted by Gasteiger charge is 2.43. The number of hydrogen-bond donors (Lipinski definition) is 1. The number of hydrogen-bond acceptors (Lipinski definition) is 3. The van der Waals surface area contributed by atoms with Gasteiger partial charge in [0.15, 0.2) is 0 Å². The molecule has 2 N–H and O–H groups in total. The maximum absolute atomic E-state index is 11.9. The number of methoxy groups -OCH3 is 1. The summed E-state index contributed by atoms with van der Waals surface area (Å²) in [6, 6.07) is -2.16. The van der Waals surface area contributed by atoms with Crippen LogP contribution in [-0.2, 0) is 9.53 Å². The Morgan fingerprint density at radius 2 is 1.92 bits per heavy atom. The van der Waals surface area contributed by atoms with Gasteiger partial charge < -0.3 is 10.5 Å². The summed E-state index contributed by atoms with van der Waals surface area (Å²) in [5.41, 5.74) is 4.74. The van der Waals surface area contributed by atoms with Crippen molar-refractivity contribution in [3.63, 3.8) is 0 Å². The van der Waals surface area contributed by atoms with Gasteiger partial charge in [-0.1, -0.05) is 6.92 Å². The van der Waals surface area contributed by atoms with E-state index in [9.17, 15) is 18.0 Å². The van der Waals surface area contributed by atoms with Crippen molar-refractivity contribution in [3.8, 4) is 0 Å². The van der Waals surface area contributed by atoms with Gasteiger partial charge in [-0.15, -0.1) is 0 Å². The number of rotatable bonds is 2. The summed E-state index contributed by atoms with van der Waals surface area (Å²) >= 11 is 0. The molecule has 0 bridgehead atoms. The highest BCUT2D eigenvalue weighted by molar-refractivity contribution is 5.72. The number of esters is 1. The van der Waals surface area contributed by atoms with Gasteiger partial charge in [0, 0.05) is 0 Å². The maximum Gasteiger partial charge on any atom is 0.404 e. The van der Waals surface area contributed by atoms with E-state index in [2.05, 4.69) is 4.74 Å². The number of carbonyl (C=O) groups is 1. The Bertz CT molecular complexity index is 169. The normalized spacial score (nSPS) is 16.8. The van der Waals surface area contributed by atoms with Crippen molar-refractivity contribution in [2.24, 2.45) is 11.7 Å². The zero-order valence-electron chi connectivity index (χ0n) is 6.68. The molecule has 6 heteroatoms. The molecule has 3 nitrogen and oxygen atoms in total. The van der Waals surface area contributed by atoms with Crippen LogP contribution < -0.4 is 5.73 Å². The summed E-state index contributed by atoms with van der Waals surface area (Å²) in [7, 11) is 1.02. The van der Waals surface area contributed by atoms with E-state index >= 15 is 0 Å². The molecule has 12 heavy (non-hydrogen) atoms. The minimum Gasteiger partial charge on any atom is -0.469 e. The minimum absolute atomic E-state index is 0.958. The Hall–Kier alpha value is -0.780. The molecule has 72 valence electrons. The first-order valence-corrected chi connectivity index (χ1v) is 3.20. The quantitative estimate of drug-likeness (QED) is 0.644. The van der Waals surface area contributed by atoms with Crippen molar-refractivity contribution >= 4 is 5.97 Å². The summed E-state index contributed by atoms with van der Waals surface area (Å²) in [5.74, 6) is -2.32. The van der Waals surface area contributed by atoms with Gasteiger partial charge in [-0.2, -0.15) is 13.2 Å². The van der Waals surface area contributed by atoms with E-state index in [1.54, 1.807) is 0 Å². The standard InChI is InChI=1S/C6H10F3NO2/c1-3(5(11)12-2)4(10)6(7,8)9/h3-4H,10H2,1-2H3/t3-,4-/m1/s1. The van der Waals surface area contributed by atoms with Crippen LogP contribution in [0.25, 0.3) is 0 Å². The lowest BCUT2D eigenvalue weighted by Crippen LogP contribution is -2.45. The summed E-state index contributed by atoms with van der Waals surface area (Å²) < 4.78 is 39.7. The molecule has 0 fully saturated rings. The van der Waals surface area contributed by atoms with Crippen LogP contribution in [0.1, 0.15) is 6.92 Å². The Labute approximate surface area is 67.7 Å². The van der Waals surface area contributed by atoms with Gasteiger partial charge in [-0.05, 0) is 0 Å². The van der Waals surface area contributed by atoms with Crippen molar-refractivity contribution < 1.29 is 22.7 Å². The van der Waals surface area contributed by atoms with Gasteiger partial charge in [0.2, 0.25) is 0 Å². The second-order valence-electron chi connectivity index (χ2n) is 2.38. The minimum atomic E-state index is -4.56. The topological polar surface area (TPSA) is 52.3 Å². The number of alkyl halides is 3. The Kier molecular flexibility index (Phi) is 3.51. The molecular weight excluding hydrogens is 175 g/mol. The Morgan fingerprint density at radius 3 is 2.17 bits per heavy atom. The predicted molar refractivity (Wildman–Crippen MR) is 35.2 cm³/mol. The number of carbonyl (C=O) groups excluding carboxylic acids is 1. The molecule has 0 aliphatic rings. The fourth-order valence-electron chi connectivity index (χ4n) is 0.616. The third kappa shape index (κ3) is 2.69. The number of halogens is 3. The van der Waals surface area contributed by atoms with Crippen LogP contribution in [0.3, 0.4) is 0 Å².